The number of ether oxygens (including phenoxy) is 1. The van der Waals surface area contributed by atoms with Gasteiger partial charge in [0, 0.05) is 10.6 Å². The van der Waals surface area contributed by atoms with Gasteiger partial charge in [0.25, 0.3) is 0 Å². The Morgan fingerprint density at radius 1 is 1.11 bits per heavy atom. The molecule has 0 bridgehead atoms. The molecule has 0 aliphatic rings. The number of benzene rings is 2. The minimum atomic E-state index is 0.845. The monoisotopic (exact) mass is 273 g/mol. The fourth-order valence-electron chi connectivity index (χ4n) is 1.91. The average molecular weight is 273 g/mol. The van der Waals surface area contributed by atoms with Gasteiger partial charge in [-0.3, -0.25) is 0 Å². The van der Waals surface area contributed by atoms with E-state index in [1.165, 1.54) is 10.5 Å². The first kappa shape index (κ1) is 13.8. The molecule has 0 atom stereocenters. The third kappa shape index (κ3) is 4.52. The van der Waals surface area contributed by atoms with Crippen LogP contribution in [-0.2, 0) is 6.42 Å². The summed E-state index contributed by atoms with van der Waals surface area (Å²) in [6.07, 6.45) is 2.22. The van der Waals surface area contributed by atoms with Crippen LogP contribution in [0.25, 0.3) is 0 Å². The number of thioether (sulfide) groups is 1. The van der Waals surface area contributed by atoms with Gasteiger partial charge in [0.15, 0.2) is 0 Å². The molecule has 3 heteroatoms. The molecule has 0 saturated heterocycles. The van der Waals surface area contributed by atoms with Crippen molar-refractivity contribution in [1.82, 2.24) is 0 Å². The Kier molecular flexibility index (Phi) is 5.16. The van der Waals surface area contributed by atoms with Crippen molar-refractivity contribution < 1.29 is 4.74 Å². The van der Waals surface area contributed by atoms with Gasteiger partial charge in [0.2, 0.25) is 0 Å². The van der Waals surface area contributed by atoms with Crippen LogP contribution in [-0.4, -0.2) is 12.9 Å². The maximum atomic E-state index is 5.77. The van der Waals surface area contributed by atoms with E-state index in [1.54, 1.807) is 7.11 Å². The Balaban J connectivity index is 1.77. The van der Waals surface area contributed by atoms with E-state index in [0.29, 0.717) is 0 Å². The summed E-state index contributed by atoms with van der Waals surface area (Å²) in [6, 6.07) is 16.3. The van der Waals surface area contributed by atoms with Crippen LogP contribution in [0, 0.1) is 0 Å². The summed E-state index contributed by atoms with van der Waals surface area (Å²) in [5.74, 6) is 2.02. The first-order valence-electron chi connectivity index (χ1n) is 6.39. The SMILES string of the molecule is COc1cccc(SCCCc2cccc(N)c2)c1. The maximum absolute atomic E-state index is 5.77. The van der Waals surface area contributed by atoms with Crippen LogP contribution in [0.5, 0.6) is 5.75 Å². The van der Waals surface area contributed by atoms with Crippen LogP contribution in [0.4, 0.5) is 5.69 Å². The number of hydrogen-bond donors (Lipinski definition) is 1. The van der Waals surface area contributed by atoms with E-state index < -0.39 is 0 Å². The van der Waals surface area contributed by atoms with Crippen molar-refractivity contribution in [2.24, 2.45) is 0 Å². The standard InChI is InChI=1S/C16H19NOS/c1-18-15-8-3-9-16(12-15)19-10-4-6-13-5-2-7-14(17)11-13/h2-3,5,7-9,11-12H,4,6,10,17H2,1H3. The predicted molar refractivity (Wildman–Crippen MR) is 82.9 cm³/mol. The van der Waals surface area contributed by atoms with Crippen molar-refractivity contribution in [1.29, 1.82) is 0 Å². The summed E-state index contributed by atoms with van der Waals surface area (Å²) in [7, 11) is 1.70. The lowest BCUT2D eigenvalue weighted by molar-refractivity contribution is 0.413. The molecule has 100 valence electrons. The van der Waals surface area contributed by atoms with Crippen LogP contribution in [0.2, 0.25) is 0 Å². The molecule has 2 nitrogen and oxygen atoms in total. The molecule has 2 rings (SSSR count). The topological polar surface area (TPSA) is 35.2 Å². The van der Waals surface area contributed by atoms with E-state index in [4.69, 9.17) is 10.5 Å². The molecule has 0 aliphatic carbocycles. The normalized spacial score (nSPS) is 10.4. The number of aryl methyl sites for hydroxylation is 1. The minimum Gasteiger partial charge on any atom is -0.497 e. The highest BCUT2D eigenvalue weighted by Gasteiger charge is 1.98. The summed E-state index contributed by atoms with van der Waals surface area (Å²) in [6.45, 7) is 0. The number of rotatable bonds is 6. The second-order valence-electron chi connectivity index (χ2n) is 4.38. The highest BCUT2D eigenvalue weighted by Crippen LogP contribution is 2.23. The molecule has 2 N–H and O–H groups in total. The summed E-state index contributed by atoms with van der Waals surface area (Å²) >= 11 is 1.86. The van der Waals surface area contributed by atoms with E-state index in [1.807, 2.05) is 36.0 Å². The fraction of sp³-hybridized carbons (Fsp3) is 0.250. The average Bonchev–Trinajstić information content (AvgIpc) is 2.44. The molecule has 0 unspecified atom stereocenters. The fourth-order valence-corrected chi connectivity index (χ4v) is 2.80. The molecule has 0 heterocycles. The van der Waals surface area contributed by atoms with Crippen molar-refractivity contribution in [2.75, 3.05) is 18.6 Å². The molecule has 2 aromatic rings. The van der Waals surface area contributed by atoms with Gasteiger partial charge in [-0.25, -0.2) is 0 Å². The van der Waals surface area contributed by atoms with Crippen molar-refractivity contribution in [3.63, 3.8) is 0 Å². The van der Waals surface area contributed by atoms with Gasteiger partial charge in [0.1, 0.15) is 5.75 Å². The Labute approximate surface area is 119 Å². The van der Waals surface area contributed by atoms with Gasteiger partial charge in [0.05, 0.1) is 7.11 Å². The van der Waals surface area contributed by atoms with Gasteiger partial charge in [-0.2, -0.15) is 0 Å². The molecule has 0 aliphatic heterocycles. The van der Waals surface area contributed by atoms with Crippen LogP contribution in [0.15, 0.2) is 53.4 Å². The molecule has 0 saturated carbocycles. The van der Waals surface area contributed by atoms with E-state index in [-0.39, 0.29) is 0 Å². The zero-order valence-corrected chi connectivity index (χ0v) is 12.0. The van der Waals surface area contributed by atoms with E-state index in [9.17, 15) is 0 Å². The summed E-state index contributed by atoms with van der Waals surface area (Å²) in [5.41, 5.74) is 7.92. The van der Waals surface area contributed by atoms with Crippen LogP contribution >= 0.6 is 11.8 Å². The zero-order valence-electron chi connectivity index (χ0n) is 11.1. The van der Waals surface area contributed by atoms with E-state index >= 15 is 0 Å². The third-order valence-corrected chi connectivity index (χ3v) is 3.95. The van der Waals surface area contributed by atoms with Gasteiger partial charge in [-0.05, 0) is 54.5 Å². The summed E-state index contributed by atoms with van der Waals surface area (Å²) in [4.78, 5) is 1.26. The number of methoxy groups -OCH3 is 1. The molecule has 0 amide bonds. The summed E-state index contributed by atoms with van der Waals surface area (Å²) < 4.78 is 5.22. The highest BCUT2D eigenvalue weighted by atomic mass is 32.2. The first-order valence-corrected chi connectivity index (χ1v) is 7.38. The molecular weight excluding hydrogens is 254 g/mol. The lowest BCUT2D eigenvalue weighted by Gasteiger charge is -2.05. The second kappa shape index (κ2) is 7.10. The van der Waals surface area contributed by atoms with Crippen LogP contribution < -0.4 is 10.5 Å². The molecule has 19 heavy (non-hydrogen) atoms. The van der Waals surface area contributed by atoms with Gasteiger partial charge in [-0.1, -0.05) is 18.2 Å². The molecular formula is C16H19NOS. The molecule has 2 aromatic carbocycles. The van der Waals surface area contributed by atoms with E-state index in [2.05, 4.69) is 24.3 Å². The van der Waals surface area contributed by atoms with Gasteiger partial charge < -0.3 is 10.5 Å². The van der Waals surface area contributed by atoms with Crippen molar-refractivity contribution in [3.8, 4) is 5.75 Å². The largest absolute Gasteiger partial charge is 0.497 e. The lowest BCUT2D eigenvalue weighted by Crippen LogP contribution is -1.91. The Hall–Kier alpha value is -1.61. The minimum absolute atomic E-state index is 0.845. The second-order valence-corrected chi connectivity index (χ2v) is 5.54. The number of nitrogen functional groups attached to an aromatic ring is 1. The number of hydrogen-bond acceptors (Lipinski definition) is 3. The first-order chi connectivity index (χ1) is 9.28. The molecule has 0 radical (unpaired) electrons. The van der Waals surface area contributed by atoms with Crippen molar-refractivity contribution in [2.45, 2.75) is 17.7 Å². The number of anilines is 1. The third-order valence-electron chi connectivity index (χ3n) is 2.87. The molecule has 0 spiro atoms. The highest BCUT2D eigenvalue weighted by molar-refractivity contribution is 7.99. The number of nitrogens with two attached hydrogens (primary N) is 1. The van der Waals surface area contributed by atoms with Crippen LogP contribution in [0.3, 0.4) is 0 Å². The quantitative estimate of drug-likeness (QED) is 0.491. The summed E-state index contributed by atoms with van der Waals surface area (Å²) in [5, 5.41) is 0. The Morgan fingerprint density at radius 3 is 2.74 bits per heavy atom. The Bertz CT molecular complexity index is 528. The van der Waals surface area contributed by atoms with Gasteiger partial charge in [-0.15, -0.1) is 11.8 Å². The zero-order chi connectivity index (χ0) is 13.5. The van der Waals surface area contributed by atoms with Gasteiger partial charge >= 0.3 is 0 Å². The van der Waals surface area contributed by atoms with Crippen LogP contribution in [0.1, 0.15) is 12.0 Å². The maximum Gasteiger partial charge on any atom is 0.119 e. The Morgan fingerprint density at radius 2 is 1.95 bits per heavy atom. The van der Waals surface area contributed by atoms with Crippen molar-refractivity contribution >= 4 is 17.4 Å². The molecule has 0 aromatic heterocycles. The lowest BCUT2D eigenvalue weighted by atomic mass is 10.1. The molecule has 0 fully saturated rings. The van der Waals surface area contributed by atoms with E-state index in [0.717, 1.165) is 30.0 Å². The predicted octanol–water partition coefficient (Wildman–Crippen LogP) is 4.00. The van der Waals surface area contributed by atoms with Crippen molar-refractivity contribution in [3.05, 3.63) is 54.1 Å². The smallest absolute Gasteiger partial charge is 0.119 e.